The number of rotatable bonds is 5. The number of hydrogen-bond donors (Lipinski definition) is 2. The average molecular weight is 372 g/mol. The predicted octanol–water partition coefficient (Wildman–Crippen LogP) is 1.29. The second-order valence-corrected chi connectivity index (χ2v) is 7.02. The standard InChI is InChI=1S/C17H16N4O4S/c1-25-13-6-2-11(3-7-13)16-10-15(17(18)22)20-21(16)12-4-8-14(9-5-12)26(19,23)24/h2-10H,1H3,(H2,18,22)(H2,19,23,24). The van der Waals surface area contributed by atoms with Gasteiger partial charge in [0.25, 0.3) is 5.91 Å². The molecular formula is C17H16N4O4S. The van der Waals surface area contributed by atoms with Gasteiger partial charge in [-0.1, -0.05) is 0 Å². The largest absolute Gasteiger partial charge is 0.497 e. The Bertz CT molecular complexity index is 1060. The summed E-state index contributed by atoms with van der Waals surface area (Å²) in [4.78, 5) is 11.5. The maximum atomic E-state index is 11.5. The first kappa shape index (κ1) is 17.6. The highest BCUT2D eigenvalue weighted by atomic mass is 32.2. The SMILES string of the molecule is COc1ccc(-c2cc(C(N)=O)nn2-c2ccc(S(N)(=O)=O)cc2)cc1. The van der Waals surface area contributed by atoms with Crippen LogP contribution >= 0.6 is 0 Å². The molecule has 3 rings (SSSR count). The van der Waals surface area contributed by atoms with Crippen LogP contribution in [0.3, 0.4) is 0 Å². The van der Waals surface area contributed by atoms with Crippen LogP contribution in [-0.4, -0.2) is 31.2 Å². The smallest absolute Gasteiger partial charge is 0.269 e. The van der Waals surface area contributed by atoms with E-state index in [0.717, 1.165) is 5.56 Å². The lowest BCUT2D eigenvalue weighted by molar-refractivity contribution is 0.0995. The van der Waals surface area contributed by atoms with E-state index in [4.69, 9.17) is 15.6 Å². The molecule has 1 heterocycles. The zero-order valence-corrected chi connectivity index (χ0v) is 14.6. The summed E-state index contributed by atoms with van der Waals surface area (Å²) in [5, 5.41) is 9.34. The number of primary amides is 1. The van der Waals surface area contributed by atoms with E-state index in [-0.39, 0.29) is 10.6 Å². The lowest BCUT2D eigenvalue weighted by atomic mass is 10.1. The molecule has 1 amide bonds. The first-order chi connectivity index (χ1) is 12.3. The Morgan fingerprint density at radius 1 is 1.08 bits per heavy atom. The molecule has 2 aromatic carbocycles. The molecule has 4 N–H and O–H groups in total. The zero-order valence-electron chi connectivity index (χ0n) is 13.8. The second kappa shape index (κ2) is 6.62. The molecule has 9 heteroatoms. The van der Waals surface area contributed by atoms with Crippen LogP contribution in [0.2, 0.25) is 0 Å². The lowest BCUT2D eigenvalue weighted by Gasteiger charge is -2.09. The summed E-state index contributed by atoms with van der Waals surface area (Å²) in [6, 6.07) is 14.6. The maximum absolute atomic E-state index is 11.5. The van der Waals surface area contributed by atoms with Gasteiger partial charge in [-0.15, -0.1) is 0 Å². The molecule has 0 radical (unpaired) electrons. The molecule has 3 aromatic rings. The molecule has 0 aliphatic rings. The summed E-state index contributed by atoms with van der Waals surface area (Å²) >= 11 is 0. The fourth-order valence-electron chi connectivity index (χ4n) is 2.44. The Balaban J connectivity index is 2.12. The van der Waals surface area contributed by atoms with Crippen LogP contribution in [0, 0.1) is 0 Å². The van der Waals surface area contributed by atoms with Crippen molar-refractivity contribution in [2.75, 3.05) is 7.11 Å². The minimum Gasteiger partial charge on any atom is -0.497 e. The molecule has 0 fully saturated rings. The van der Waals surface area contributed by atoms with Gasteiger partial charge in [0.2, 0.25) is 10.0 Å². The number of hydrogen-bond acceptors (Lipinski definition) is 5. The molecule has 8 nitrogen and oxygen atoms in total. The van der Waals surface area contributed by atoms with Crippen molar-refractivity contribution in [1.29, 1.82) is 0 Å². The van der Waals surface area contributed by atoms with E-state index >= 15 is 0 Å². The molecule has 1 aromatic heterocycles. The summed E-state index contributed by atoms with van der Waals surface area (Å²) in [6.07, 6.45) is 0. The molecule has 134 valence electrons. The Morgan fingerprint density at radius 2 is 1.69 bits per heavy atom. The van der Waals surface area contributed by atoms with Crippen LogP contribution in [0.1, 0.15) is 10.5 Å². The predicted molar refractivity (Wildman–Crippen MR) is 95.4 cm³/mol. The van der Waals surface area contributed by atoms with Crippen LogP contribution < -0.4 is 15.6 Å². The van der Waals surface area contributed by atoms with Crippen LogP contribution in [-0.2, 0) is 10.0 Å². The Morgan fingerprint density at radius 3 is 2.19 bits per heavy atom. The maximum Gasteiger partial charge on any atom is 0.269 e. The van der Waals surface area contributed by atoms with E-state index < -0.39 is 15.9 Å². The highest BCUT2D eigenvalue weighted by molar-refractivity contribution is 7.89. The quantitative estimate of drug-likeness (QED) is 0.697. The van der Waals surface area contributed by atoms with Gasteiger partial charge in [-0.2, -0.15) is 5.10 Å². The first-order valence-electron chi connectivity index (χ1n) is 7.47. The van der Waals surface area contributed by atoms with Crippen molar-refractivity contribution in [2.45, 2.75) is 4.90 Å². The molecule has 26 heavy (non-hydrogen) atoms. The van der Waals surface area contributed by atoms with Gasteiger partial charge in [0, 0.05) is 5.56 Å². The molecule has 0 spiro atoms. The Labute approximate surface area is 150 Å². The summed E-state index contributed by atoms with van der Waals surface area (Å²) < 4.78 is 29.5. The summed E-state index contributed by atoms with van der Waals surface area (Å²) in [7, 11) is -2.23. The van der Waals surface area contributed by atoms with E-state index in [0.29, 0.717) is 17.1 Å². The van der Waals surface area contributed by atoms with Gasteiger partial charge in [-0.25, -0.2) is 18.2 Å². The van der Waals surface area contributed by atoms with Crippen molar-refractivity contribution in [3.05, 3.63) is 60.3 Å². The highest BCUT2D eigenvalue weighted by Crippen LogP contribution is 2.26. The number of benzene rings is 2. The average Bonchev–Trinajstić information content (AvgIpc) is 3.07. The fourth-order valence-corrected chi connectivity index (χ4v) is 2.96. The molecule has 0 unspecified atom stereocenters. The first-order valence-corrected chi connectivity index (χ1v) is 9.02. The number of carbonyl (C=O) groups is 1. The molecular weight excluding hydrogens is 356 g/mol. The summed E-state index contributed by atoms with van der Waals surface area (Å²) in [6.45, 7) is 0. The van der Waals surface area contributed by atoms with Gasteiger partial charge < -0.3 is 10.5 Å². The van der Waals surface area contributed by atoms with E-state index in [1.807, 2.05) is 12.1 Å². The van der Waals surface area contributed by atoms with Crippen molar-refractivity contribution < 1.29 is 17.9 Å². The van der Waals surface area contributed by atoms with Crippen molar-refractivity contribution in [2.24, 2.45) is 10.9 Å². The molecule has 0 aliphatic carbocycles. The Kier molecular flexibility index (Phi) is 4.49. The highest BCUT2D eigenvalue weighted by Gasteiger charge is 2.16. The van der Waals surface area contributed by atoms with Gasteiger partial charge >= 0.3 is 0 Å². The molecule has 0 atom stereocenters. The van der Waals surface area contributed by atoms with Crippen LogP contribution in [0.25, 0.3) is 16.9 Å². The summed E-state index contributed by atoms with van der Waals surface area (Å²) in [5.74, 6) is 0.0205. The van der Waals surface area contributed by atoms with Crippen LogP contribution in [0.15, 0.2) is 59.5 Å². The number of sulfonamides is 1. The molecule has 0 bridgehead atoms. The van der Waals surface area contributed by atoms with Gasteiger partial charge in [0.15, 0.2) is 5.69 Å². The van der Waals surface area contributed by atoms with E-state index in [1.54, 1.807) is 37.4 Å². The minimum atomic E-state index is -3.80. The van der Waals surface area contributed by atoms with E-state index in [9.17, 15) is 13.2 Å². The van der Waals surface area contributed by atoms with Crippen molar-refractivity contribution >= 4 is 15.9 Å². The number of ether oxygens (including phenoxy) is 1. The third-order valence-electron chi connectivity index (χ3n) is 3.76. The summed E-state index contributed by atoms with van der Waals surface area (Å²) in [5.41, 5.74) is 7.38. The number of nitrogens with two attached hydrogens (primary N) is 2. The van der Waals surface area contributed by atoms with Crippen LogP contribution in [0.4, 0.5) is 0 Å². The third kappa shape index (κ3) is 3.44. The number of nitrogens with zero attached hydrogens (tertiary/aromatic N) is 2. The van der Waals surface area contributed by atoms with Gasteiger partial charge in [0.05, 0.1) is 23.4 Å². The number of amides is 1. The van der Waals surface area contributed by atoms with Crippen molar-refractivity contribution in [3.8, 4) is 22.7 Å². The van der Waals surface area contributed by atoms with E-state index in [1.165, 1.54) is 16.8 Å². The van der Waals surface area contributed by atoms with Gasteiger partial charge in [0.1, 0.15) is 5.75 Å². The van der Waals surface area contributed by atoms with Gasteiger partial charge in [-0.05, 0) is 54.6 Å². The second-order valence-electron chi connectivity index (χ2n) is 5.46. The van der Waals surface area contributed by atoms with Crippen LogP contribution in [0.5, 0.6) is 5.75 Å². The lowest BCUT2D eigenvalue weighted by Crippen LogP contribution is -2.13. The van der Waals surface area contributed by atoms with Gasteiger partial charge in [-0.3, -0.25) is 4.79 Å². The van der Waals surface area contributed by atoms with Crippen molar-refractivity contribution in [3.63, 3.8) is 0 Å². The number of carbonyl (C=O) groups excluding carboxylic acids is 1. The normalized spacial score (nSPS) is 11.3. The number of primary sulfonamides is 1. The van der Waals surface area contributed by atoms with E-state index in [2.05, 4.69) is 5.10 Å². The number of methoxy groups -OCH3 is 1. The third-order valence-corrected chi connectivity index (χ3v) is 4.69. The van der Waals surface area contributed by atoms with Crippen molar-refractivity contribution in [1.82, 2.24) is 9.78 Å². The Hall–Kier alpha value is -3.17. The monoisotopic (exact) mass is 372 g/mol. The molecule has 0 saturated carbocycles. The number of aromatic nitrogens is 2. The fraction of sp³-hybridized carbons (Fsp3) is 0.0588. The minimum absolute atomic E-state index is 0.0190. The topological polar surface area (TPSA) is 130 Å². The molecule has 0 aliphatic heterocycles. The molecule has 0 saturated heterocycles. The zero-order chi connectivity index (χ0) is 18.9.